The molecule has 29 heavy (non-hydrogen) atoms. The molecule has 0 unspecified atom stereocenters. The normalized spacial score (nSPS) is 12.3. The highest BCUT2D eigenvalue weighted by Gasteiger charge is 2.27. The number of ether oxygens (including phenoxy) is 1. The number of H-pyrrole nitrogens is 1. The largest absolute Gasteiger partial charge is 0.491 e. The number of fused-ring (bicyclic) bond motifs is 1. The zero-order chi connectivity index (χ0) is 20.4. The molecule has 0 radical (unpaired) electrons. The fourth-order valence-electron chi connectivity index (χ4n) is 3.59. The van der Waals surface area contributed by atoms with Crippen LogP contribution in [-0.2, 0) is 0 Å². The summed E-state index contributed by atoms with van der Waals surface area (Å²) in [4.78, 5) is 19.6. The maximum atomic E-state index is 13.3. The molecule has 148 valence electrons. The molecular weight excluding hydrogens is 380 g/mol. The fourth-order valence-corrected chi connectivity index (χ4v) is 4.47. The van der Waals surface area contributed by atoms with Crippen LogP contribution in [0.3, 0.4) is 0 Å². The van der Waals surface area contributed by atoms with Crippen molar-refractivity contribution in [3.05, 3.63) is 88.2 Å². The first-order chi connectivity index (χ1) is 14.0. The number of rotatable bonds is 6. The second-order valence-corrected chi connectivity index (χ2v) is 8.29. The Bertz CT molecular complexity index is 1100. The van der Waals surface area contributed by atoms with Crippen molar-refractivity contribution in [2.45, 2.75) is 26.0 Å². The summed E-state index contributed by atoms with van der Waals surface area (Å²) < 4.78 is 5.70. The van der Waals surface area contributed by atoms with Gasteiger partial charge < -0.3 is 14.6 Å². The number of carbonyl (C=O) groups excluding carboxylic acids is 1. The number of para-hydroxylation sites is 1. The molecule has 4 nitrogen and oxygen atoms in total. The van der Waals surface area contributed by atoms with Crippen LogP contribution in [0.2, 0.25) is 0 Å². The summed E-state index contributed by atoms with van der Waals surface area (Å²) in [7, 11) is 1.87. The molecule has 0 fully saturated rings. The molecule has 4 aromatic rings. The smallest absolute Gasteiger partial charge is 0.254 e. The Kier molecular flexibility index (Phi) is 5.41. The maximum Gasteiger partial charge on any atom is 0.254 e. The molecular formula is C24H24N2O2S. The van der Waals surface area contributed by atoms with Gasteiger partial charge in [-0.3, -0.25) is 4.79 Å². The van der Waals surface area contributed by atoms with Crippen molar-refractivity contribution in [3.63, 3.8) is 0 Å². The molecule has 2 aromatic carbocycles. The van der Waals surface area contributed by atoms with E-state index in [4.69, 9.17) is 4.74 Å². The maximum absolute atomic E-state index is 13.3. The molecule has 0 bridgehead atoms. The lowest BCUT2D eigenvalue weighted by Gasteiger charge is -2.28. The summed E-state index contributed by atoms with van der Waals surface area (Å²) in [6.45, 7) is 3.97. The molecule has 2 heterocycles. The quantitative estimate of drug-likeness (QED) is 0.436. The van der Waals surface area contributed by atoms with E-state index in [1.807, 2.05) is 79.8 Å². The van der Waals surface area contributed by atoms with Crippen molar-refractivity contribution in [3.8, 4) is 5.75 Å². The van der Waals surface area contributed by atoms with Crippen LogP contribution in [0.5, 0.6) is 5.75 Å². The van der Waals surface area contributed by atoms with E-state index < -0.39 is 0 Å². The average Bonchev–Trinajstić information content (AvgIpc) is 3.39. The van der Waals surface area contributed by atoms with Crippen molar-refractivity contribution < 1.29 is 9.53 Å². The van der Waals surface area contributed by atoms with Crippen molar-refractivity contribution in [1.29, 1.82) is 0 Å². The van der Waals surface area contributed by atoms with Gasteiger partial charge >= 0.3 is 0 Å². The van der Waals surface area contributed by atoms with Crippen LogP contribution in [0.4, 0.5) is 0 Å². The van der Waals surface area contributed by atoms with E-state index in [0.29, 0.717) is 5.56 Å². The Hall–Kier alpha value is -3.05. The highest BCUT2D eigenvalue weighted by atomic mass is 32.1. The number of hydrogen-bond donors (Lipinski definition) is 1. The molecule has 5 heteroatoms. The third-order valence-corrected chi connectivity index (χ3v) is 5.83. The minimum atomic E-state index is -0.162. The van der Waals surface area contributed by atoms with Crippen LogP contribution in [0.15, 0.2) is 72.2 Å². The van der Waals surface area contributed by atoms with E-state index in [2.05, 4.69) is 23.2 Å². The summed E-state index contributed by atoms with van der Waals surface area (Å²) in [5.41, 5.74) is 2.81. The summed E-state index contributed by atoms with van der Waals surface area (Å²) >= 11 is 1.66. The molecule has 0 aliphatic rings. The number of aromatic amines is 1. The Balaban J connectivity index is 1.69. The van der Waals surface area contributed by atoms with Gasteiger partial charge in [0.05, 0.1) is 12.1 Å². The number of amides is 1. The molecule has 1 N–H and O–H groups in total. The molecule has 1 amide bonds. The van der Waals surface area contributed by atoms with Gasteiger partial charge in [-0.05, 0) is 55.6 Å². The van der Waals surface area contributed by atoms with Gasteiger partial charge in [-0.15, -0.1) is 11.3 Å². The van der Waals surface area contributed by atoms with Gasteiger partial charge in [0.15, 0.2) is 0 Å². The number of hydrogen-bond acceptors (Lipinski definition) is 3. The molecule has 0 spiro atoms. The first-order valence-corrected chi connectivity index (χ1v) is 10.6. The predicted molar refractivity (Wildman–Crippen MR) is 119 cm³/mol. The van der Waals surface area contributed by atoms with Crippen LogP contribution in [0.1, 0.15) is 40.7 Å². The van der Waals surface area contributed by atoms with Crippen LogP contribution in [0.25, 0.3) is 10.9 Å². The van der Waals surface area contributed by atoms with Crippen molar-refractivity contribution in [1.82, 2.24) is 9.88 Å². The van der Waals surface area contributed by atoms with E-state index in [-0.39, 0.29) is 18.1 Å². The topological polar surface area (TPSA) is 45.3 Å². The number of carbonyl (C=O) groups is 1. The minimum absolute atomic E-state index is 0.0234. The Morgan fingerprint density at radius 2 is 1.79 bits per heavy atom. The predicted octanol–water partition coefficient (Wildman–Crippen LogP) is 5.88. The lowest BCUT2D eigenvalue weighted by Crippen LogP contribution is -2.31. The van der Waals surface area contributed by atoms with Crippen molar-refractivity contribution in [2.75, 3.05) is 7.05 Å². The molecule has 0 saturated carbocycles. The van der Waals surface area contributed by atoms with Crippen LogP contribution in [-0.4, -0.2) is 28.9 Å². The van der Waals surface area contributed by atoms with E-state index in [0.717, 1.165) is 27.1 Å². The molecule has 1 atom stereocenters. The molecule has 4 rings (SSSR count). The first-order valence-electron chi connectivity index (χ1n) is 9.68. The number of benzene rings is 2. The zero-order valence-electron chi connectivity index (χ0n) is 16.8. The van der Waals surface area contributed by atoms with Crippen LogP contribution in [0, 0.1) is 0 Å². The second-order valence-electron chi connectivity index (χ2n) is 7.31. The lowest BCUT2D eigenvalue weighted by atomic mass is 10.0. The molecule has 0 aliphatic carbocycles. The number of nitrogens with zero attached hydrogens (tertiary/aromatic N) is 1. The van der Waals surface area contributed by atoms with Gasteiger partial charge in [-0.1, -0.05) is 24.3 Å². The van der Waals surface area contributed by atoms with E-state index in [9.17, 15) is 4.79 Å². The van der Waals surface area contributed by atoms with Gasteiger partial charge in [0.25, 0.3) is 5.91 Å². The fraction of sp³-hybridized carbons (Fsp3) is 0.208. The summed E-state index contributed by atoms with van der Waals surface area (Å²) in [5, 5.41) is 3.18. The number of nitrogens with one attached hydrogen (secondary N) is 1. The van der Waals surface area contributed by atoms with E-state index in [1.54, 1.807) is 11.3 Å². The Labute approximate surface area is 174 Å². The summed E-state index contributed by atoms with van der Waals surface area (Å²) in [6.07, 6.45) is 2.11. The van der Waals surface area contributed by atoms with E-state index >= 15 is 0 Å². The van der Waals surface area contributed by atoms with Gasteiger partial charge in [-0.2, -0.15) is 0 Å². The summed E-state index contributed by atoms with van der Waals surface area (Å²) in [5.74, 6) is 0.746. The zero-order valence-corrected chi connectivity index (χ0v) is 17.6. The first kappa shape index (κ1) is 19.3. The van der Waals surface area contributed by atoms with Crippen LogP contribution >= 0.6 is 11.3 Å². The van der Waals surface area contributed by atoms with Gasteiger partial charge in [0, 0.05) is 40.2 Å². The SMILES string of the molecule is CC(C)Oc1ccc(C(=O)N(C)[C@@H](c2cccs2)c2c[nH]c3ccccc23)cc1. The summed E-state index contributed by atoms with van der Waals surface area (Å²) in [6, 6.07) is 19.5. The number of thiophene rings is 1. The number of aromatic nitrogens is 1. The van der Waals surface area contributed by atoms with Crippen molar-refractivity contribution >= 4 is 28.1 Å². The molecule has 0 saturated heterocycles. The monoisotopic (exact) mass is 404 g/mol. The third kappa shape index (κ3) is 3.91. The Morgan fingerprint density at radius 1 is 1.03 bits per heavy atom. The third-order valence-electron chi connectivity index (χ3n) is 4.91. The van der Waals surface area contributed by atoms with E-state index in [1.165, 1.54) is 0 Å². The second kappa shape index (κ2) is 8.13. The Morgan fingerprint density at radius 3 is 2.48 bits per heavy atom. The van der Waals surface area contributed by atoms with Gasteiger partial charge in [0.1, 0.15) is 5.75 Å². The molecule has 0 aliphatic heterocycles. The molecule has 2 aromatic heterocycles. The van der Waals surface area contributed by atoms with Gasteiger partial charge in [0.2, 0.25) is 0 Å². The standard InChI is InChI=1S/C24H24N2O2S/c1-16(2)28-18-12-10-17(11-13-18)24(27)26(3)23(22-9-6-14-29-22)20-15-25-21-8-5-4-7-19(20)21/h4-16,23,25H,1-3H3/t23-/m1/s1. The minimum Gasteiger partial charge on any atom is -0.491 e. The lowest BCUT2D eigenvalue weighted by molar-refractivity contribution is 0.0758. The average molecular weight is 405 g/mol. The highest BCUT2D eigenvalue weighted by Crippen LogP contribution is 2.36. The highest BCUT2D eigenvalue weighted by molar-refractivity contribution is 7.10. The van der Waals surface area contributed by atoms with Gasteiger partial charge in [-0.25, -0.2) is 0 Å². The van der Waals surface area contributed by atoms with Crippen molar-refractivity contribution in [2.24, 2.45) is 0 Å². The van der Waals surface area contributed by atoms with Crippen LogP contribution < -0.4 is 4.74 Å².